The lowest BCUT2D eigenvalue weighted by molar-refractivity contribution is 0.0938. The van der Waals surface area contributed by atoms with Gasteiger partial charge in [0.1, 0.15) is 17.3 Å². The van der Waals surface area contributed by atoms with Crippen molar-refractivity contribution < 1.29 is 13.7 Å². The van der Waals surface area contributed by atoms with E-state index in [-0.39, 0.29) is 28.0 Å². The molecule has 3 nitrogen and oxygen atoms in total. The van der Waals surface area contributed by atoms with Crippen molar-refractivity contribution >= 4 is 17.4 Å². The highest BCUT2D eigenvalue weighted by atomic mass is 35.5. The fraction of sp³-hybridized carbons (Fsp3) is 0.286. The summed E-state index contributed by atoms with van der Waals surface area (Å²) in [5.74, 6) is -0.540. The van der Waals surface area contributed by atoms with E-state index in [2.05, 4.69) is 5.16 Å². The second-order valence-corrected chi connectivity index (χ2v) is 4.99. The molecule has 0 amide bonds. The molecule has 0 radical (unpaired) electrons. The minimum Gasteiger partial charge on any atom is -0.360 e. The molecule has 1 aromatic heterocycles. The molecule has 2 aromatic rings. The van der Waals surface area contributed by atoms with E-state index in [1.54, 1.807) is 26.8 Å². The zero-order valence-corrected chi connectivity index (χ0v) is 11.6. The Morgan fingerprint density at radius 1 is 1.42 bits per heavy atom. The van der Waals surface area contributed by atoms with Gasteiger partial charge in [-0.3, -0.25) is 4.79 Å². The van der Waals surface area contributed by atoms with Crippen LogP contribution in [-0.2, 0) is 0 Å². The molecule has 19 heavy (non-hydrogen) atoms. The maximum absolute atomic E-state index is 13.9. The Morgan fingerprint density at radius 2 is 2.11 bits per heavy atom. The summed E-state index contributed by atoms with van der Waals surface area (Å²) in [4.78, 5) is 12.2. The third-order valence-electron chi connectivity index (χ3n) is 2.83. The molecule has 0 unspecified atom stereocenters. The van der Waals surface area contributed by atoms with Crippen LogP contribution in [0.15, 0.2) is 22.7 Å². The van der Waals surface area contributed by atoms with Crippen molar-refractivity contribution in [2.75, 3.05) is 0 Å². The van der Waals surface area contributed by atoms with Crippen molar-refractivity contribution in [1.29, 1.82) is 0 Å². The largest absolute Gasteiger partial charge is 0.360 e. The third-order valence-corrected chi connectivity index (χ3v) is 3.15. The molecule has 0 aliphatic rings. The number of ketones is 1. The lowest BCUT2D eigenvalue weighted by Crippen LogP contribution is -2.09. The molecule has 0 aliphatic carbocycles. The number of halogens is 2. The molecule has 1 aromatic carbocycles. The number of carbonyl (C=O) groups is 1. The Labute approximate surface area is 115 Å². The molecule has 0 saturated heterocycles. The van der Waals surface area contributed by atoms with Gasteiger partial charge in [-0.15, -0.1) is 0 Å². The highest BCUT2D eigenvalue weighted by Crippen LogP contribution is 2.34. The first-order valence-corrected chi connectivity index (χ1v) is 6.26. The summed E-state index contributed by atoms with van der Waals surface area (Å²) < 4.78 is 18.9. The molecule has 2 rings (SSSR count). The number of nitrogens with zero attached hydrogens (tertiary/aromatic N) is 1. The first-order valence-electron chi connectivity index (χ1n) is 5.88. The summed E-state index contributed by atoms with van der Waals surface area (Å²) >= 11 is 6.00. The van der Waals surface area contributed by atoms with Crippen molar-refractivity contribution in [2.45, 2.75) is 20.8 Å². The van der Waals surface area contributed by atoms with Crippen LogP contribution in [0.5, 0.6) is 0 Å². The maximum atomic E-state index is 13.9. The fourth-order valence-electron chi connectivity index (χ4n) is 1.85. The summed E-state index contributed by atoms with van der Waals surface area (Å²) in [5.41, 5.74) is 0.561. The first kappa shape index (κ1) is 13.7. The standard InChI is InChI=1S/C14H13ClFNO2/c1-7(2)14(18)11-8(3)19-17-13(11)12-9(15)5-4-6-10(12)16/h4-7H,1-3H3. The van der Waals surface area contributed by atoms with Gasteiger partial charge < -0.3 is 4.52 Å². The number of Topliss-reactive ketones (excluding diaryl/α,β-unsaturated/α-hetero) is 1. The highest BCUT2D eigenvalue weighted by Gasteiger charge is 2.26. The van der Waals surface area contributed by atoms with Crippen LogP contribution in [0.2, 0.25) is 5.02 Å². The van der Waals surface area contributed by atoms with Gasteiger partial charge in [0, 0.05) is 5.92 Å². The third kappa shape index (κ3) is 2.40. The van der Waals surface area contributed by atoms with E-state index in [0.717, 1.165) is 0 Å². The van der Waals surface area contributed by atoms with Crippen molar-refractivity contribution in [3.8, 4) is 11.3 Å². The van der Waals surface area contributed by atoms with Gasteiger partial charge in [-0.25, -0.2) is 4.39 Å². The first-order chi connectivity index (χ1) is 8.93. The Kier molecular flexibility index (Phi) is 3.71. The monoisotopic (exact) mass is 281 g/mol. The number of aromatic nitrogens is 1. The molecule has 0 saturated carbocycles. The van der Waals surface area contributed by atoms with E-state index in [4.69, 9.17) is 16.1 Å². The van der Waals surface area contributed by atoms with Gasteiger partial charge in [0.05, 0.1) is 16.1 Å². The lowest BCUT2D eigenvalue weighted by Gasteiger charge is -2.07. The smallest absolute Gasteiger partial charge is 0.171 e. The Bertz CT molecular complexity index is 614. The van der Waals surface area contributed by atoms with E-state index < -0.39 is 5.82 Å². The number of hydrogen-bond donors (Lipinski definition) is 0. The van der Waals surface area contributed by atoms with Crippen LogP contribution in [0.3, 0.4) is 0 Å². The Balaban J connectivity index is 2.68. The predicted molar refractivity (Wildman–Crippen MR) is 70.8 cm³/mol. The Hall–Kier alpha value is -1.68. The van der Waals surface area contributed by atoms with Crippen LogP contribution >= 0.6 is 11.6 Å². The molecule has 0 aliphatic heterocycles. The van der Waals surface area contributed by atoms with Gasteiger partial charge in [0.15, 0.2) is 5.78 Å². The maximum Gasteiger partial charge on any atom is 0.171 e. The minimum atomic E-state index is -0.529. The molecule has 0 fully saturated rings. The van der Waals surface area contributed by atoms with E-state index in [9.17, 15) is 9.18 Å². The van der Waals surface area contributed by atoms with E-state index in [0.29, 0.717) is 11.3 Å². The zero-order chi connectivity index (χ0) is 14.2. The van der Waals surface area contributed by atoms with Crippen LogP contribution < -0.4 is 0 Å². The van der Waals surface area contributed by atoms with Crippen LogP contribution in [0, 0.1) is 18.7 Å². The van der Waals surface area contributed by atoms with Crippen LogP contribution in [0.25, 0.3) is 11.3 Å². The summed E-state index contributed by atoms with van der Waals surface area (Å²) in [5, 5.41) is 3.99. The van der Waals surface area contributed by atoms with Gasteiger partial charge in [0.25, 0.3) is 0 Å². The van der Waals surface area contributed by atoms with Gasteiger partial charge in [-0.2, -0.15) is 0 Å². The van der Waals surface area contributed by atoms with Crippen molar-refractivity contribution in [2.24, 2.45) is 5.92 Å². The second kappa shape index (κ2) is 5.13. The molecule has 0 bridgehead atoms. The average molecular weight is 282 g/mol. The molecular weight excluding hydrogens is 269 g/mol. The summed E-state index contributed by atoms with van der Waals surface area (Å²) in [6.07, 6.45) is 0. The van der Waals surface area contributed by atoms with Gasteiger partial charge in [0.2, 0.25) is 0 Å². The minimum absolute atomic E-state index is 0.102. The fourth-order valence-corrected chi connectivity index (χ4v) is 2.10. The molecule has 1 heterocycles. The molecule has 0 spiro atoms. The average Bonchev–Trinajstić information content (AvgIpc) is 2.70. The predicted octanol–water partition coefficient (Wildman–Crippen LogP) is 4.28. The van der Waals surface area contributed by atoms with E-state index in [1.807, 2.05) is 0 Å². The molecule has 100 valence electrons. The van der Waals surface area contributed by atoms with E-state index >= 15 is 0 Å². The number of rotatable bonds is 3. The number of benzene rings is 1. The summed E-state index contributed by atoms with van der Waals surface area (Å²) in [7, 11) is 0. The lowest BCUT2D eigenvalue weighted by atomic mass is 9.96. The van der Waals surface area contributed by atoms with Crippen LogP contribution in [0.4, 0.5) is 4.39 Å². The molecule has 0 N–H and O–H groups in total. The topological polar surface area (TPSA) is 43.1 Å². The van der Waals surface area contributed by atoms with Crippen molar-refractivity contribution in [3.05, 3.63) is 40.4 Å². The second-order valence-electron chi connectivity index (χ2n) is 4.58. The van der Waals surface area contributed by atoms with Crippen molar-refractivity contribution in [1.82, 2.24) is 5.16 Å². The Morgan fingerprint density at radius 3 is 2.68 bits per heavy atom. The molecule has 0 atom stereocenters. The summed E-state index contributed by atoms with van der Waals surface area (Å²) in [6, 6.07) is 4.32. The van der Waals surface area contributed by atoms with Gasteiger partial charge >= 0.3 is 0 Å². The number of aryl methyl sites for hydroxylation is 1. The summed E-state index contributed by atoms with van der Waals surface area (Å²) in [6.45, 7) is 5.16. The normalized spacial score (nSPS) is 11.1. The molecular formula is C14H13ClFNO2. The SMILES string of the molecule is Cc1onc(-c2c(F)cccc2Cl)c1C(=O)C(C)C. The zero-order valence-electron chi connectivity index (χ0n) is 10.8. The van der Waals surface area contributed by atoms with Gasteiger partial charge in [-0.1, -0.05) is 36.7 Å². The molecule has 5 heteroatoms. The number of carbonyl (C=O) groups excluding carboxylic acids is 1. The van der Waals surface area contributed by atoms with Crippen LogP contribution in [-0.4, -0.2) is 10.9 Å². The number of hydrogen-bond acceptors (Lipinski definition) is 3. The highest BCUT2D eigenvalue weighted by molar-refractivity contribution is 6.33. The van der Waals surface area contributed by atoms with Crippen LogP contribution in [0.1, 0.15) is 30.0 Å². The van der Waals surface area contributed by atoms with E-state index in [1.165, 1.54) is 12.1 Å². The quantitative estimate of drug-likeness (QED) is 0.789. The van der Waals surface area contributed by atoms with Crippen molar-refractivity contribution in [3.63, 3.8) is 0 Å². The van der Waals surface area contributed by atoms with Gasteiger partial charge in [-0.05, 0) is 19.1 Å².